The number of hydrogen-bond donors (Lipinski definition) is 2. The number of rotatable bonds is 3. The molecule has 1 aromatic rings. The van der Waals surface area contributed by atoms with Crippen LogP contribution in [0.4, 0.5) is 18.0 Å². The van der Waals surface area contributed by atoms with E-state index in [2.05, 4.69) is 5.32 Å². The lowest BCUT2D eigenvalue weighted by molar-refractivity contribution is -0.147. The smallest absolute Gasteiger partial charge is 0.416 e. The Kier molecular flexibility index (Phi) is 4.77. The summed E-state index contributed by atoms with van der Waals surface area (Å²) in [5.74, 6) is -0.950. The van der Waals surface area contributed by atoms with Crippen LogP contribution in [0.5, 0.6) is 0 Å². The van der Waals surface area contributed by atoms with Gasteiger partial charge in [-0.15, -0.1) is 0 Å². The highest BCUT2D eigenvalue weighted by Crippen LogP contribution is 2.31. The van der Waals surface area contributed by atoms with Crippen molar-refractivity contribution in [3.05, 3.63) is 35.4 Å². The van der Waals surface area contributed by atoms with Crippen LogP contribution in [0.3, 0.4) is 0 Å². The number of aliphatic carboxylic acids is 1. The third kappa shape index (κ3) is 3.80. The molecule has 0 radical (unpaired) electrons. The molecule has 1 heterocycles. The van der Waals surface area contributed by atoms with Crippen LogP contribution >= 0.6 is 0 Å². The second-order valence-electron chi connectivity index (χ2n) is 6.33. The molecule has 8 heteroatoms. The van der Waals surface area contributed by atoms with Crippen molar-refractivity contribution in [2.45, 2.75) is 32.5 Å². The van der Waals surface area contributed by atoms with Gasteiger partial charge in [0, 0.05) is 13.1 Å². The van der Waals surface area contributed by atoms with E-state index in [0.29, 0.717) is 18.5 Å². The molecule has 1 fully saturated rings. The Morgan fingerprint density at radius 2 is 1.88 bits per heavy atom. The SMILES string of the molecule is C[C@@H](NC(=O)N1CCC(C)(C(=O)O)C1)c1ccc(C(F)(F)F)cc1. The van der Waals surface area contributed by atoms with Crippen LogP contribution in [0.15, 0.2) is 24.3 Å². The molecule has 2 atom stereocenters. The lowest BCUT2D eigenvalue weighted by Crippen LogP contribution is -2.41. The first-order valence-corrected chi connectivity index (χ1v) is 7.49. The number of nitrogens with one attached hydrogen (secondary N) is 1. The number of alkyl halides is 3. The minimum absolute atomic E-state index is 0.105. The molecule has 0 spiro atoms. The zero-order chi connectivity index (χ0) is 18.1. The molecule has 2 amide bonds. The summed E-state index contributed by atoms with van der Waals surface area (Å²) in [5.41, 5.74) is -1.17. The van der Waals surface area contributed by atoms with Gasteiger partial charge in [0.15, 0.2) is 0 Å². The van der Waals surface area contributed by atoms with E-state index >= 15 is 0 Å². The van der Waals surface area contributed by atoms with Crippen molar-refractivity contribution in [3.8, 4) is 0 Å². The van der Waals surface area contributed by atoms with E-state index in [1.165, 1.54) is 17.0 Å². The Balaban J connectivity index is 1.98. The molecule has 1 saturated heterocycles. The number of urea groups is 1. The molecule has 1 aliphatic rings. The number of benzene rings is 1. The van der Waals surface area contributed by atoms with Crippen LogP contribution in [0, 0.1) is 5.41 Å². The standard InChI is InChI=1S/C16H19F3N2O3/c1-10(11-3-5-12(6-4-11)16(17,18)19)20-14(24)21-8-7-15(2,9-21)13(22)23/h3-6,10H,7-9H2,1-2H3,(H,20,24)(H,22,23)/t10-,15?/m1/s1. The van der Waals surface area contributed by atoms with E-state index in [1.807, 2.05) is 0 Å². The van der Waals surface area contributed by atoms with Crippen molar-refractivity contribution < 1.29 is 27.9 Å². The third-order valence-electron chi connectivity index (χ3n) is 4.35. The minimum atomic E-state index is -4.40. The first kappa shape index (κ1) is 18.1. The number of carboxylic acids is 1. The van der Waals surface area contributed by atoms with Gasteiger partial charge in [-0.25, -0.2) is 4.79 Å². The lowest BCUT2D eigenvalue weighted by Gasteiger charge is -2.23. The summed E-state index contributed by atoms with van der Waals surface area (Å²) < 4.78 is 37.6. The molecule has 1 aromatic carbocycles. The van der Waals surface area contributed by atoms with Crippen LogP contribution < -0.4 is 5.32 Å². The zero-order valence-electron chi connectivity index (χ0n) is 13.4. The summed E-state index contributed by atoms with van der Waals surface area (Å²) in [4.78, 5) is 24.8. The molecule has 24 heavy (non-hydrogen) atoms. The molecule has 1 unspecified atom stereocenters. The summed E-state index contributed by atoms with van der Waals surface area (Å²) in [7, 11) is 0. The lowest BCUT2D eigenvalue weighted by atomic mass is 9.90. The molecule has 5 nitrogen and oxygen atoms in total. The summed E-state index contributed by atoms with van der Waals surface area (Å²) in [6, 6.07) is 3.66. The third-order valence-corrected chi connectivity index (χ3v) is 4.35. The number of likely N-dealkylation sites (tertiary alicyclic amines) is 1. The first-order valence-electron chi connectivity index (χ1n) is 7.49. The molecular weight excluding hydrogens is 325 g/mol. The molecule has 2 N–H and O–H groups in total. The molecule has 0 aromatic heterocycles. The van der Waals surface area contributed by atoms with Crippen molar-refractivity contribution in [1.29, 1.82) is 0 Å². The largest absolute Gasteiger partial charge is 0.481 e. The second-order valence-corrected chi connectivity index (χ2v) is 6.33. The van der Waals surface area contributed by atoms with Gasteiger partial charge in [-0.05, 0) is 38.0 Å². The van der Waals surface area contributed by atoms with Crippen LogP contribution in [0.1, 0.15) is 37.4 Å². The number of hydrogen-bond acceptors (Lipinski definition) is 2. The van der Waals surface area contributed by atoms with E-state index in [9.17, 15) is 27.9 Å². The predicted octanol–water partition coefficient (Wildman–Crippen LogP) is 3.27. The average Bonchev–Trinajstić information content (AvgIpc) is 2.90. The fourth-order valence-corrected chi connectivity index (χ4v) is 2.63. The number of halogens is 3. The van der Waals surface area contributed by atoms with Gasteiger partial charge in [0.25, 0.3) is 0 Å². The van der Waals surface area contributed by atoms with Gasteiger partial charge in [0.1, 0.15) is 0 Å². The van der Waals surface area contributed by atoms with E-state index in [4.69, 9.17) is 0 Å². The Bertz CT molecular complexity index is 630. The number of nitrogens with zero attached hydrogens (tertiary/aromatic N) is 1. The number of amides is 2. The maximum absolute atomic E-state index is 12.5. The highest BCUT2D eigenvalue weighted by atomic mass is 19.4. The van der Waals surface area contributed by atoms with Gasteiger partial charge < -0.3 is 15.3 Å². The molecule has 0 aliphatic carbocycles. The number of carbonyl (C=O) groups is 2. The monoisotopic (exact) mass is 344 g/mol. The average molecular weight is 344 g/mol. The number of carboxylic acid groups (broad SMARTS) is 1. The molecule has 0 saturated carbocycles. The molecular formula is C16H19F3N2O3. The van der Waals surface area contributed by atoms with Gasteiger partial charge in [-0.3, -0.25) is 4.79 Å². The van der Waals surface area contributed by atoms with Crippen LogP contribution in [-0.4, -0.2) is 35.1 Å². The summed E-state index contributed by atoms with van der Waals surface area (Å²) in [6.45, 7) is 3.68. The van der Waals surface area contributed by atoms with Gasteiger partial charge >= 0.3 is 18.2 Å². The quantitative estimate of drug-likeness (QED) is 0.884. The van der Waals surface area contributed by atoms with Crippen molar-refractivity contribution in [2.75, 3.05) is 13.1 Å². The highest BCUT2D eigenvalue weighted by Gasteiger charge is 2.42. The number of carbonyl (C=O) groups excluding carboxylic acids is 1. The van der Waals surface area contributed by atoms with Gasteiger partial charge in [-0.1, -0.05) is 12.1 Å². The van der Waals surface area contributed by atoms with E-state index in [1.54, 1.807) is 13.8 Å². The minimum Gasteiger partial charge on any atom is -0.481 e. The van der Waals surface area contributed by atoms with Gasteiger partial charge in [0.05, 0.1) is 17.0 Å². The summed E-state index contributed by atoms with van der Waals surface area (Å²) in [6.07, 6.45) is -4.04. The fraction of sp³-hybridized carbons (Fsp3) is 0.500. The zero-order valence-corrected chi connectivity index (χ0v) is 13.4. The fourth-order valence-electron chi connectivity index (χ4n) is 2.63. The highest BCUT2D eigenvalue weighted by molar-refractivity contribution is 5.79. The molecule has 0 bridgehead atoms. The van der Waals surface area contributed by atoms with Crippen LogP contribution in [0.25, 0.3) is 0 Å². The van der Waals surface area contributed by atoms with E-state index < -0.39 is 35.2 Å². The first-order chi connectivity index (χ1) is 11.0. The Hall–Kier alpha value is -2.25. The van der Waals surface area contributed by atoms with Crippen molar-refractivity contribution >= 4 is 12.0 Å². The normalized spacial score (nSPS) is 22.3. The maximum Gasteiger partial charge on any atom is 0.416 e. The second kappa shape index (κ2) is 6.33. The Morgan fingerprint density at radius 1 is 1.29 bits per heavy atom. The van der Waals surface area contributed by atoms with Crippen molar-refractivity contribution in [2.24, 2.45) is 5.41 Å². The van der Waals surface area contributed by atoms with Gasteiger partial charge in [0.2, 0.25) is 0 Å². The van der Waals surface area contributed by atoms with Gasteiger partial charge in [-0.2, -0.15) is 13.2 Å². The van der Waals surface area contributed by atoms with E-state index in [0.717, 1.165) is 12.1 Å². The van der Waals surface area contributed by atoms with Crippen molar-refractivity contribution in [1.82, 2.24) is 10.2 Å². The molecule has 132 valence electrons. The summed E-state index contributed by atoms with van der Waals surface area (Å²) >= 11 is 0. The van der Waals surface area contributed by atoms with Crippen LogP contribution in [-0.2, 0) is 11.0 Å². The maximum atomic E-state index is 12.5. The molecule has 1 aliphatic heterocycles. The van der Waals surface area contributed by atoms with Crippen LogP contribution in [0.2, 0.25) is 0 Å². The Labute approximate surface area is 137 Å². The topological polar surface area (TPSA) is 69.6 Å². The van der Waals surface area contributed by atoms with E-state index in [-0.39, 0.29) is 6.54 Å². The van der Waals surface area contributed by atoms with Crippen molar-refractivity contribution in [3.63, 3.8) is 0 Å². The predicted molar refractivity (Wildman–Crippen MR) is 80.3 cm³/mol. The Morgan fingerprint density at radius 3 is 2.33 bits per heavy atom. The molecule has 2 rings (SSSR count). The summed E-state index contributed by atoms with van der Waals surface area (Å²) in [5, 5.41) is 11.9.